The van der Waals surface area contributed by atoms with E-state index >= 15 is 0 Å². The Morgan fingerprint density at radius 3 is 2.63 bits per heavy atom. The van der Waals surface area contributed by atoms with Gasteiger partial charge >= 0.3 is 0 Å². The maximum absolute atomic E-state index is 6.54. The number of halogens is 1. The molecule has 30 heavy (non-hydrogen) atoms. The van der Waals surface area contributed by atoms with Gasteiger partial charge in [0.2, 0.25) is 11.7 Å². The number of nitrogens with zero attached hydrogens (tertiary/aromatic N) is 3. The van der Waals surface area contributed by atoms with E-state index in [2.05, 4.69) is 47.5 Å². The van der Waals surface area contributed by atoms with E-state index in [0.717, 1.165) is 16.0 Å². The summed E-state index contributed by atoms with van der Waals surface area (Å²) in [5, 5.41) is 7.71. The molecular weight excluding hydrogens is 416 g/mol. The molecule has 0 saturated carbocycles. The van der Waals surface area contributed by atoms with Gasteiger partial charge in [-0.1, -0.05) is 41.0 Å². The number of thioether (sulfide) groups is 1. The lowest BCUT2D eigenvalue weighted by molar-refractivity contribution is 0.384. The number of rotatable bonds is 6. The third-order valence-corrected chi connectivity index (χ3v) is 6.43. The zero-order valence-corrected chi connectivity index (χ0v) is 18.5. The molecule has 1 N–H and O–H groups in total. The number of aryl methyl sites for hydroxylation is 2. The lowest BCUT2D eigenvalue weighted by Crippen LogP contribution is -1.99. The first kappa shape index (κ1) is 20.4. The molecule has 0 radical (unpaired) electrons. The molecule has 2 heterocycles. The zero-order chi connectivity index (χ0) is 21.1. The zero-order valence-electron chi connectivity index (χ0n) is 16.9. The molecule has 1 atom stereocenters. The van der Waals surface area contributed by atoms with Crippen molar-refractivity contribution in [2.24, 2.45) is 0 Å². The molecular formula is C23H21ClN4OS. The normalized spacial score (nSPS) is 12.0. The highest BCUT2D eigenvalue weighted by Crippen LogP contribution is 2.43. The van der Waals surface area contributed by atoms with Gasteiger partial charge in [-0.15, -0.1) is 11.8 Å². The summed E-state index contributed by atoms with van der Waals surface area (Å²) in [6, 6.07) is 17.9. The maximum atomic E-state index is 6.54. The lowest BCUT2D eigenvalue weighted by atomic mass is 10.1. The smallest absolute Gasteiger partial charge is 0.245 e. The first-order valence-electron chi connectivity index (χ1n) is 9.52. The second-order valence-electron chi connectivity index (χ2n) is 6.87. The predicted molar refractivity (Wildman–Crippen MR) is 122 cm³/mol. The van der Waals surface area contributed by atoms with Gasteiger partial charge in [0.1, 0.15) is 11.1 Å². The fourth-order valence-electron chi connectivity index (χ4n) is 3.09. The van der Waals surface area contributed by atoms with Crippen LogP contribution in [-0.2, 0) is 0 Å². The van der Waals surface area contributed by atoms with Gasteiger partial charge in [0.05, 0.1) is 5.56 Å². The van der Waals surface area contributed by atoms with Gasteiger partial charge in [0, 0.05) is 23.2 Å². The van der Waals surface area contributed by atoms with Crippen LogP contribution in [0.5, 0.6) is 0 Å². The summed E-state index contributed by atoms with van der Waals surface area (Å²) in [6.45, 7) is 4.21. The Kier molecular flexibility index (Phi) is 6.06. The first-order valence-corrected chi connectivity index (χ1v) is 10.8. The van der Waals surface area contributed by atoms with Crippen LogP contribution in [0.15, 0.2) is 70.2 Å². The Labute approximate surface area is 184 Å². The summed E-state index contributed by atoms with van der Waals surface area (Å²) < 4.78 is 5.72. The van der Waals surface area contributed by atoms with E-state index in [4.69, 9.17) is 21.1 Å². The molecule has 152 valence electrons. The van der Waals surface area contributed by atoms with Gasteiger partial charge in [0.15, 0.2) is 0 Å². The largest absolute Gasteiger partial charge is 0.373 e. The van der Waals surface area contributed by atoms with E-state index in [-0.39, 0.29) is 5.25 Å². The van der Waals surface area contributed by atoms with Gasteiger partial charge in [0.25, 0.3) is 0 Å². The van der Waals surface area contributed by atoms with Crippen molar-refractivity contribution >= 4 is 29.2 Å². The second kappa shape index (κ2) is 8.90. The molecule has 0 amide bonds. The number of pyridine rings is 1. The van der Waals surface area contributed by atoms with Crippen molar-refractivity contribution in [2.75, 3.05) is 12.4 Å². The summed E-state index contributed by atoms with van der Waals surface area (Å²) in [6.07, 6.45) is 1.72. The summed E-state index contributed by atoms with van der Waals surface area (Å²) in [5.41, 5.74) is 4.20. The molecule has 1 unspecified atom stereocenters. The predicted octanol–water partition coefficient (Wildman–Crippen LogP) is 6.33. The fourth-order valence-corrected chi connectivity index (χ4v) is 4.60. The van der Waals surface area contributed by atoms with Gasteiger partial charge in [-0.2, -0.15) is 4.98 Å². The Morgan fingerprint density at radius 1 is 1.03 bits per heavy atom. The molecule has 4 rings (SSSR count). The molecule has 4 aromatic rings. The summed E-state index contributed by atoms with van der Waals surface area (Å²) >= 11 is 8.18. The number of hydrogen-bond acceptors (Lipinski definition) is 6. The molecule has 0 fully saturated rings. The van der Waals surface area contributed by atoms with Crippen LogP contribution in [0.25, 0.3) is 11.4 Å². The topological polar surface area (TPSA) is 63.8 Å². The monoisotopic (exact) mass is 436 g/mol. The Bertz CT molecular complexity index is 1180. The number of aromatic nitrogens is 3. The summed E-state index contributed by atoms with van der Waals surface area (Å²) in [5.74, 6) is 1.67. The van der Waals surface area contributed by atoms with Gasteiger partial charge in [-0.3, -0.25) is 0 Å². The number of anilines is 1. The maximum Gasteiger partial charge on any atom is 0.245 e. The van der Waals surface area contributed by atoms with Crippen molar-refractivity contribution in [1.82, 2.24) is 15.1 Å². The minimum atomic E-state index is -0.239. The van der Waals surface area contributed by atoms with Crippen LogP contribution >= 0.6 is 23.4 Å². The highest BCUT2D eigenvalue weighted by atomic mass is 35.5. The van der Waals surface area contributed by atoms with Crippen molar-refractivity contribution in [3.8, 4) is 11.4 Å². The van der Waals surface area contributed by atoms with Crippen LogP contribution in [0.2, 0.25) is 5.02 Å². The number of nitrogens with one attached hydrogen (secondary N) is 1. The van der Waals surface area contributed by atoms with E-state index in [1.807, 2.05) is 43.4 Å². The van der Waals surface area contributed by atoms with E-state index in [0.29, 0.717) is 22.6 Å². The minimum absolute atomic E-state index is 0.239. The molecule has 0 aliphatic carbocycles. The van der Waals surface area contributed by atoms with Crippen LogP contribution in [-0.4, -0.2) is 22.2 Å². The molecule has 0 aliphatic heterocycles. The van der Waals surface area contributed by atoms with Crippen LogP contribution < -0.4 is 5.32 Å². The first-order chi connectivity index (χ1) is 14.6. The van der Waals surface area contributed by atoms with Crippen molar-refractivity contribution < 1.29 is 4.52 Å². The SMILES string of the molecule is CNc1ncccc1-c1noc(C(Sc2ccc(C)c(C)c2)c2ccccc2Cl)n1. The van der Waals surface area contributed by atoms with E-state index in [1.54, 1.807) is 18.0 Å². The van der Waals surface area contributed by atoms with Crippen molar-refractivity contribution in [1.29, 1.82) is 0 Å². The molecule has 0 saturated heterocycles. The second-order valence-corrected chi connectivity index (χ2v) is 8.46. The van der Waals surface area contributed by atoms with Gasteiger partial charge < -0.3 is 9.84 Å². The van der Waals surface area contributed by atoms with E-state index in [1.165, 1.54) is 11.1 Å². The number of hydrogen-bond donors (Lipinski definition) is 1. The highest BCUT2D eigenvalue weighted by molar-refractivity contribution is 7.99. The summed E-state index contributed by atoms with van der Waals surface area (Å²) in [7, 11) is 1.81. The van der Waals surface area contributed by atoms with Gasteiger partial charge in [-0.25, -0.2) is 4.98 Å². The Balaban J connectivity index is 1.76. The van der Waals surface area contributed by atoms with Crippen molar-refractivity contribution in [3.63, 3.8) is 0 Å². The van der Waals surface area contributed by atoms with Crippen molar-refractivity contribution in [2.45, 2.75) is 24.0 Å². The van der Waals surface area contributed by atoms with Crippen LogP contribution in [0.1, 0.15) is 27.8 Å². The molecule has 0 aliphatic rings. The third kappa shape index (κ3) is 4.20. The van der Waals surface area contributed by atoms with E-state index < -0.39 is 0 Å². The van der Waals surface area contributed by atoms with E-state index in [9.17, 15) is 0 Å². The number of benzene rings is 2. The van der Waals surface area contributed by atoms with Crippen LogP contribution in [0.3, 0.4) is 0 Å². The molecule has 0 bridgehead atoms. The molecule has 2 aromatic heterocycles. The average Bonchev–Trinajstić information content (AvgIpc) is 3.25. The van der Waals surface area contributed by atoms with Crippen LogP contribution in [0.4, 0.5) is 5.82 Å². The standard InChI is InChI=1S/C23H21ClN4OS/c1-14-10-11-16(13-15(14)2)30-20(17-7-4-5-9-19(17)24)23-27-22(28-29-23)18-8-6-12-26-21(18)25-3/h4-13,20H,1-3H3,(H,25,26). The third-order valence-electron chi connectivity index (χ3n) is 4.87. The average molecular weight is 437 g/mol. The quantitative estimate of drug-likeness (QED) is 0.356. The Hall–Kier alpha value is -2.83. The Morgan fingerprint density at radius 2 is 1.87 bits per heavy atom. The lowest BCUT2D eigenvalue weighted by Gasteiger charge is -2.15. The molecule has 0 spiro atoms. The molecule has 7 heteroatoms. The van der Waals surface area contributed by atoms with Crippen molar-refractivity contribution in [3.05, 3.63) is 88.4 Å². The van der Waals surface area contributed by atoms with Crippen LogP contribution in [0, 0.1) is 13.8 Å². The fraction of sp³-hybridized carbons (Fsp3) is 0.174. The summed E-state index contributed by atoms with van der Waals surface area (Å²) in [4.78, 5) is 10.1. The highest BCUT2D eigenvalue weighted by Gasteiger charge is 2.26. The minimum Gasteiger partial charge on any atom is -0.373 e. The molecule has 2 aromatic carbocycles. The van der Waals surface area contributed by atoms with Gasteiger partial charge in [-0.05, 0) is 60.9 Å². The molecule has 5 nitrogen and oxygen atoms in total.